The predicted molar refractivity (Wildman–Crippen MR) is 78.4 cm³/mol. The summed E-state index contributed by atoms with van der Waals surface area (Å²) in [6, 6.07) is 8.74. The number of nitriles is 1. The molecule has 22 heavy (non-hydrogen) atoms. The van der Waals surface area contributed by atoms with Crippen LogP contribution in [0.1, 0.15) is 18.4 Å². The van der Waals surface area contributed by atoms with E-state index in [-0.39, 0.29) is 40.9 Å². The Morgan fingerprint density at radius 1 is 1.00 bits per heavy atom. The molecule has 1 saturated heterocycles. The summed E-state index contributed by atoms with van der Waals surface area (Å²) in [5.74, 6) is 0.0663. The smallest absolute Gasteiger partial charge is 0.238 e. The van der Waals surface area contributed by atoms with Gasteiger partial charge in [0.05, 0.1) is 29.2 Å². The SMILES string of the molecule is N#Cc1ccc(N2C(=O)[C@H]3[C@H](C2=O)[C@H]2C=C[C@H]3C23CC3)cc1. The summed E-state index contributed by atoms with van der Waals surface area (Å²) in [5, 5.41) is 8.87. The minimum absolute atomic E-state index is 0.0529. The van der Waals surface area contributed by atoms with Crippen LogP contribution in [-0.4, -0.2) is 11.8 Å². The van der Waals surface area contributed by atoms with Gasteiger partial charge in [-0.1, -0.05) is 12.2 Å². The average molecular weight is 290 g/mol. The third-order valence-corrected chi connectivity index (χ3v) is 6.11. The standard InChI is InChI=1S/C18H14N2O2/c19-9-10-1-3-11(4-2-10)20-16(21)14-12-5-6-13(15(14)17(20)22)18(12)7-8-18/h1-6,12-15H,7-8H2/t12-,13-,14-,15-/m1/s1. The number of amides is 2. The van der Waals surface area contributed by atoms with Crippen LogP contribution in [0.5, 0.6) is 0 Å². The molecule has 0 aromatic heterocycles. The Balaban J connectivity index is 1.55. The van der Waals surface area contributed by atoms with Gasteiger partial charge in [0, 0.05) is 0 Å². The first-order valence-electron chi connectivity index (χ1n) is 7.74. The maximum atomic E-state index is 12.9. The largest absolute Gasteiger partial charge is 0.274 e. The number of rotatable bonds is 1. The Morgan fingerprint density at radius 2 is 1.55 bits per heavy atom. The highest BCUT2D eigenvalue weighted by atomic mass is 16.2. The maximum Gasteiger partial charge on any atom is 0.238 e. The van der Waals surface area contributed by atoms with Gasteiger partial charge >= 0.3 is 0 Å². The van der Waals surface area contributed by atoms with Crippen molar-refractivity contribution in [1.29, 1.82) is 5.26 Å². The molecule has 1 aromatic rings. The normalized spacial score (nSPS) is 36.0. The van der Waals surface area contributed by atoms with Crippen LogP contribution in [0.3, 0.4) is 0 Å². The molecule has 4 atom stereocenters. The molecule has 4 nitrogen and oxygen atoms in total. The number of imide groups is 1. The van der Waals surface area contributed by atoms with E-state index in [0.717, 1.165) is 12.8 Å². The van der Waals surface area contributed by atoms with Gasteiger partial charge in [-0.15, -0.1) is 0 Å². The number of carbonyl (C=O) groups is 2. The van der Waals surface area contributed by atoms with Gasteiger partial charge in [0.1, 0.15) is 0 Å². The minimum Gasteiger partial charge on any atom is -0.274 e. The number of fused-ring (bicyclic) bond motifs is 3. The molecule has 0 unspecified atom stereocenters. The van der Waals surface area contributed by atoms with E-state index >= 15 is 0 Å². The Hall–Kier alpha value is -2.41. The van der Waals surface area contributed by atoms with Crippen molar-refractivity contribution in [3.63, 3.8) is 0 Å². The molecule has 4 heteroatoms. The van der Waals surface area contributed by atoms with Crippen molar-refractivity contribution in [2.75, 3.05) is 4.90 Å². The molecule has 3 aliphatic carbocycles. The summed E-state index contributed by atoms with van der Waals surface area (Å²) in [7, 11) is 0. The number of anilines is 1. The first-order chi connectivity index (χ1) is 10.7. The quantitative estimate of drug-likeness (QED) is 0.589. The van der Waals surface area contributed by atoms with Crippen molar-refractivity contribution in [3.8, 4) is 6.07 Å². The predicted octanol–water partition coefficient (Wildman–Crippen LogP) is 2.26. The van der Waals surface area contributed by atoms with E-state index in [1.165, 1.54) is 4.90 Å². The lowest BCUT2D eigenvalue weighted by molar-refractivity contribution is -0.123. The summed E-state index contributed by atoms with van der Waals surface area (Å²) in [6.45, 7) is 0. The number of nitrogens with zero attached hydrogens (tertiary/aromatic N) is 2. The summed E-state index contributed by atoms with van der Waals surface area (Å²) in [5.41, 5.74) is 1.35. The lowest BCUT2D eigenvalue weighted by Crippen LogP contribution is -2.34. The van der Waals surface area contributed by atoms with Gasteiger partial charge < -0.3 is 0 Å². The van der Waals surface area contributed by atoms with Crippen molar-refractivity contribution < 1.29 is 9.59 Å². The van der Waals surface area contributed by atoms with Crippen LogP contribution in [0.4, 0.5) is 5.69 Å². The topological polar surface area (TPSA) is 61.2 Å². The molecule has 1 aromatic carbocycles. The second kappa shape index (κ2) is 3.67. The van der Waals surface area contributed by atoms with E-state index in [0.29, 0.717) is 11.3 Å². The van der Waals surface area contributed by atoms with Gasteiger partial charge in [-0.3, -0.25) is 14.5 Å². The van der Waals surface area contributed by atoms with Crippen molar-refractivity contribution in [1.82, 2.24) is 0 Å². The van der Waals surface area contributed by atoms with Crippen molar-refractivity contribution in [2.45, 2.75) is 12.8 Å². The lowest BCUT2D eigenvalue weighted by atomic mass is 9.85. The molecule has 2 saturated carbocycles. The first kappa shape index (κ1) is 12.2. The third-order valence-electron chi connectivity index (χ3n) is 6.11. The monoisotopic (exact) mass is 290 g/mol. The van der Waals surface area contributed by atoms with Crippen LogP contribution in [-0.2, 0) is 9.59 Å². The fourth-order valence-corrected chi connectivity index (χ4v) is 5.02. The van der Waals surface area contributed by atoms with E-state index < -0.39 is 0 Å². The fourth-order valence-electron chi connectivity index (χ4n) is 5.02. The number of allylic oxidation sites excluding steroid dienone is 2. The molecular weight excluding hydrogens is 276 g/mol. The van der Waals surface area contributed by atoms with Crippen molar-refractivity contribution in [2.24, 2.45) is 29.1 Å². The Morgan fingerprint density at radius 3 is 2.00 bits per heavy atom. The summed E-state index contributed by atoms with van der Waals surface area (Å²) in [4.78, 5) is 27.1. The highest BCUT2D eigenvalue weighted by Crippen LogP contribution is 2.73. The van der Waals surface area contributed by atoms with Gasteiger partial charge in [0.25, 0.3) is 0 Å². The summed E-state index contributed by atoms with van der Waals surface area (Å²) in [6.07, 6.45) is 6.65. The van der Waals surface area contributed by atoms with E-state index in [2.05, 4.69) is 18.2 Å². The van der Waals surface area contributed by atoms with E-state index in [1.54, 1.807) is 24.3 Å². The molecule has 0 N–H and O–H groups in total. The highest BCUT2D eigenvalue weighted by Gasteiger charge is 2.73. The number of hydrogen-bond donors (Lipinski definition) is 0. The van der Waals surface area contributed by atoms with Crippen LogP contribution in [0.25, 0.3) is 0 Å². The Bertz CT molecular complexity index is 748. The molecular formula is C18H14N2O2. The number of carbonyl (C=O) groups excluding carboxylic acids is 2. The van der Waals surface area contributed by atoms with Crippen LogP contribution in [0.15, 0.2) is 36.4 Å². The van der Waals surface area contributed by atoms with Gasteiger partial charge in [0.15, 0.2) is 0 Å². The molecule has 1 heterocycles. The van der Waals surface area contributed by atoms with Crippen LogP contribution >= 0.6 is 0 Å². The average Bonchev–Trinajstić information content (AvgIpc) is 3.13. The second-order valence-corrected chi connectivity index (χ2v) is 6.89. The van der Waals surface area contributed by atoms with Crippen LogP contribution in [0.2, 0.25) is 0 Å². The molecule has 5 rings (SSSR count). The van der Waals surface area contributed by atoms with E-state index in [9.17, 15) is 9.59 Å². The van der Waals surface area contributed by atoms with Crippen molar-refractivity contribution in [3.05, 3.63) is 42.0 Å². The molecule has 2 bridgehead atoms. The highest BCUT2D eigenvalue weighted by molar-refractivity contribution is 6.23. The lowest BCUT2D eigenvalue weighted by Gasteiger charge is -2.21. The maximum absolute atomic E-state index is 12.9. The minimum atomic E-state index is -0.166. The second-order valence-electron chi connectivity index (χ2n) is 6.89. The van der Waals surface area contributed by atoms with E-state index in [1.807, 2.05) is 0 Å². The zero-order valence-electron chi connectivity index (χ0n) is 11.9. The zero-order chi connectivity index (χ0) is 15.1. The summed E-state index contributed by atoms with van der Waals surface area (Å²) >= 11 is 0. The first-order valence-corrected chi connectivity index (χ1v) is 7.74. The number of hydrogen-bond acceptors (Lipinski definition) is 3. The molecule has 4 aliphatic rings. The molecule has 1 spiro atoms. The molecule has 108 valence electrons. The number of benzene rings is 1. The van der Waals surface area contributed by atoms with Gasteiger partial charge in [-0.2, -0.15) is 5.26 Å². The fraction of sp³-hybridized carbons (Fsp3) is 0.389. The molecule has 0 radical (unpaired) electrons. The Kier molecular flexibility index (Phi) is 2.03. The third kappa shape index (κ3) is 1.20. The Labute approximate surface area is 128 Å². The zero-order valence-corrected chi connectivity index (χ0v) is 11.9. The van der Waals surface area contributed by atoms with Gasteiger partial charge in [0.2, 0.25) is 11.8 Å². The van der Waals surface area contributed by atoms with Crippen molar-refractivity contribution >= 4 is 17.5 Å². The molecule has 1 aliphatic heterocycles. The summed E-state index contributed by atoms with van der Waals surface area (Å²) < 4.78 is 0. The van der Waals surface area contributed by atoms with Crippen LogP contribution in [0, 0.1) is 40.4 Å². The van der Waals surface area contributed by atoms with Gasteiger partial charge in [-0.25, -0.2) is 0 Å². The van der Waals surface area contributed by atoms with Crippen LogP contribution < -0.4 is 4.90 Å². The molecule has 3 fully saturated rings. The van der Waals surface area contributed by atoms with E-state index in [4.69, 9.17) is 5.26 Å². The van der Waals surface area contributed by atoms with Gasteiger partial charge in [-0.05, 0) is 54.4 Å². The molecule has 2 amide bonds.